The van der Waals surface area contributed by atoms with E-state index in [2.05, 4.69) is 22.9 Å². The molecular weight excluding hydrogens is 460 g/mol. The first-order valence-corrected chi connectivity index (χ1v) is 12.2. The van der Waals surface area contributed by atoms with Crippen molar-refractivity contribution in [3.8, 4) is 0 Å². The van der Waals surface area contributed by atoms with E-state index in [1.807, 2.05) is 0 Å². The average molecular weight is 503 g/mol. The van der Waals surface area contributed by atoms with Gasteiger partial charge in [0.2, 0.25) is 0 Å². The zero-order valence-electron chi connectivity index (χ0n) is 18.8. The third-order valence-corrected chi connectivity index (χ3v) is 4.04. The monoisotopic (exact) mass is 502 g/mol. The summed E-state index contributed by atoms with van der Waals surface area (Å²) in [4.78, 5) is 0. The highest BCUT2D eigenvalue weighted by Crippen LogP contribution is 1.94. The molecule has 0 bridgehead atoms. The summed E-state index contributed by atoms with van der Waals surface area (Å²) >= 11 is 3.30. The average Bonchev–Trinajstić information content (AvgIpc) is 2.76. The minimum atomic E-state index is 0.548. The quantitative estimate of drug-likeness (QED) is 0.125. The molecule has 0 aromatic carbocycles. The number of halogens is 1. The van der Waals surface area contributed by atoms with Gasteiger partial charge in [-0.25, -0.2) is 0 Å². The molecular formula is C21H43BrO8. The van der Waals surface area contributed by atoms with Gasteiger partial charge in [-0.15, -0.1) is 0 Å². The van der Waals surface area contributed by atoms with Gasteiger partial charge in [-0.3, -0.25) is 0 Å². The third kappa shape index (κ3) is 28.2. The van der Waals surface area contributed by atoms with Gasteiger partial charge < -0.3 is 37.9 Å². The van der Waals surface area contributed by atoms with Crippen molar-refractivity contribution in [1.29, 1.82) is 0 Å². The second-order valence-corrected chi connectivity index (χ2v) is 7.09. The fourth-order valence-corrected chi connectivity index (χ4v) is 2.38. The molecule has 0 atom stereocenters. The van der Waals surface area contributed by atoms with Crippen LogP contribution < -0.4 is 0 Å². The SMILES string of the molecule is CCCCCOCCOCCOCCOCCOCCOCCOCCOCCBr. The van der Waals surface area contributed by atoms with Crippen LogP contribution in [0.1, 0.15) is 26.2 Å². The lowest BCUT2D eigenvalue weighted by molar-refractivity contribution is -0.0228. The van der Waals surface area contributed by atoms with E-state index in [1.54, 1.807) is 0 Å². The molecule has 0 unspecified atom stereocenters. The number of unbranched alkanes of at least 4 members (excludes halogenated alkanes) is 2. The Bertz CT molecular complexity index is 272. The smallest absolute Gasteiger partial charge is 0.0701 e. The first-order chi connectivity index (χ1) is 14.9. The molecule has 0 N–H and O–H groups in total. The summed E-state index contributed by atoms with van der Waals surface area (Å²) < 4.78 is 43.3. The number of alkyl halides is 1. The molecule has 0 heterocycles. The molecule has 0 rings (SSSR count). The van der Waals surface area contributed by atoms with Crippen LogP contribution in [0.2, 0.25) is 0 Å². The van der Waals surface area contributed by atoms with Crippen LogP contribution in [0.3, 0.4) is 0 Å². The van der Waals surface area contributed by atoms with Crippen LogP contribution in [-0.4, -0.2) is 111 Å². The lowest BCUT2D eigenvalue weighted by Crippen LogP contribution is -2.15. The maximum Gasteiger partial charge on any atom is 0.0701 e. The fourth-order valence-electron chi connectivity index (χ4n) is 2.15. The third-order valence-electron chi connectivity index (χ3n) is 3.72. The topological polar surface area (TPSA) is 73.8 Å². The normalized spacial score (nSPS) is 11.4. The van der Waals surface area contributed by atoms with Crippen LogP contribution in [0.4, 0.5) is 0 Å². The largest absolute Gasteiger partial charge is 0.379 e. The van der Waals surface area contributed by atoms with E-state index in [-0.39, 0.29) is 0 Å². The Hall–Kier alpha value is 0.160. The number of ether oxygens (including phenoxy) is 8. The molecule has 0 radical (unpaired) electrons. The van der Waals surface area contributed by atoms with Gasteiger partial charge in [0.1, 0.15) is 0 Å². The number of hydrogen-bond acceptors (Lipinski definition) is 8. The van der Waals surface area contributed by atoms with Gasteiger partial charge in [-0.05, 0) is 6.42 Å². The Labute approximate surface area is 191 Å². The van der Waals surface area contributed by atoms with E-state index >= 15 is 0 Å². The predicted molar refractivity (Wildman–Crippen MR) is 120 cm³/mol. The molecule has 0 saturated carbocycles. The maximum absolute atomic E-state index is 5.46. The van der Waals surface area contributed by atoms with Crippen LogP contribution in [-0.2, 0) is 37.9 Å². The van der Waals surface area contributed by atoms with Crippen molar-refractivity contribution in [2.24, 2.45) is 0 Å². The highest BCUT2D eigenvalue weighted by Gasteiger charge is 1.95. The fraction of sp³-hybridized carbons (Fsp3) is 1.00. The van der Waals surface area contributed by atoms with E-state index in [1.165, 1.54) is 12.8 Å². The molecule has 0 aliphatic heterocycles. The lowest BCUT2D eigenvalue weighted by atomic mass is 10.3. The lowest BCUT2D eigenvalue weighted by Gasteiger charge is -2.08. The molecule has 0 fully saturated rings. The van der Waals surface area contributed by atoms with Gasteiger partial charge in [-0.2, -0.15) is 0 Å². The van der Waals surface area contributed by atoms with Crippen molar-refractivity contribution in [3.63, 3.8) is 0 Å². The molecule has 0 aromatic heterocycles. The summed E-state index contributed by atoms with van der Waals surface area (Å²) in [5.74, 6) is 0. The van der Waals surface area contributed by atoms with E-state index < -0.39 is 0 Å². The Morgan fingerprint density at radius 3 is 0.900 bits per heavy atom. The van der Waals surface area contributed by atoms with Gasteiger partial charge in [0.15, 0.2) is 0 Å². The zero-order valence-corrected chi connectivity index (χ0v) is 20.4. The second kappa shape index (κ2) is 29.2. The summed E-state index contributed by atoms with van der Waals surface area (Å²) in [6.45, 7) is 11.8. The molecule has 0 aromatic rings. The van der Waals surface area contributed by atoms with Crippen molar-refractivity contribution in [2.45, 2.75) is 26.2 Å². The van der Waals surface area contributed by atoms with Crippen molar-refractivity contribution in [2.75, 3.05) is 111 Å². The van der Waals surface area contributed by atoms with Crippen LogP contribution >= 0.6 is 15.9 Å². The Kier molecular flexibility index (Phi) is 29.3. The van der Waals surface area contributed by atoms with Crippen molar-refractivity contribution in [3.05, 3.63) is 0 Å². The van der Waals surface area contributed by atoms with Crippen molar-refractivity contribution in [1.82, 2.24) is 0 Å². The summed E-state index contributed by atoms with van der Waals surface area (Å²) in [7, 11) is 0. The first kappa shape index (κ1) is 30.2. The minimum Gasteiger partial charge on any atom is -0.379 e. The Morgan fingerprint density at radius 1 is 0.367 bits per heavy atom. The summed E-state index contributed by atoms with van der Waals surface area (Å²) in [5.41, 5.74) is 0. The molecule has 30 heavy (non-hydrogen) atoms. The maximum atomic E-state index is 5.46. The second-order valence-electron chi connectivity index (χ2n) is 6.30. The summed E-state index contributed by atoms with van der Waals surface area (Å²) in [5, 5.41) is 0.847. The number of hydrogen-bond donors (Lipinski definition) is 0. The van der Waals surface area contributed by atoms with Crippen LogP contribution in [0, 0.1) is 0 Å². The molecule has 0 aliphatic rings. The Morgan fingerprint density at radius 2 is 0.633 bits per heavy atom. The predicted octanol–water partition coefficient (Wildman–Crippen LogP) is 2.70. The molecule has 0 spiro atoms. The first-order valence-electron chi connectivity index (χ1n) is 11.1. The van der Waals surface area contributed by atoms with E-state index in [0.29, 0.717) is 99.1 Å². The van der Waals surface area contributed by atoms with Crippen LogP contribution in [0.25, 0.3) is 0 Å². The highest BCUT2D eigenvalue weighted by atomic mass is 79.9. The highest BCUT2D eigenvalue weighted by molar-refractivity contribution is 9.09. The molecule has 9 heteroatoms. The zero-order chi connectivity index (χ0) is 21.8. The molecule has 0 aliphatic carbocycles. The van der Waals surface area contributed by atoms with Gasteiger partial charge in [0.25, 0.3) is 0 Å². The summed E-state index contributed by atoms with van der Waals surface area (Å²) in [6.07, 6.45) is 3.57. The van der Waals surface area contributed by atoms with E-state index in [9.17, 15) is 0 Å². The standard InChI is InChI=1S/C21H43BrO8/c1-2-3-4-6-23-8-10-25-12-14-27-16-18-29-20-21-30-19-17-28-15-13-26-11-9-24-7-5-22/h2-21H2,1H3. The van der Waals surface area contributed by atoms with Gasteiger partial charge >= 0.3 is 0 Å². The van der Waals surface area contributed by atoms with Gasteiger partial charge in [-0.1, -0.05) is 35.7 Å². The minimum absolute atomic E-state index is 0.548. The Balaban J connectivity index is 2.97. The summed E-state index contributed by atoms with van der Waals surface area (Å²) in [6, 6.07) is 0. The van der Waals surface area contributed by atoms with Crippen LogP contribution in [0.15, 0.2) is 0 Å². The van der Waals surface area contributed by atoms with Crippen molar-refractivity contribution < 1.29 is 37.9 Å². The van der Waals surface area contributed by atoms with Crippen LogP contribution in [0.5, 0.6) is 0 Å². The van der Waals surface area contributed by atoms with Gasteiger partial charge in [0.05, 0.1) is 99.1 Å². The van der Waals surface area contributed by atoms with E-state index in [4.69, 9.17) is 37.9 Å². The van der Waals surface area contributed by atoms with Gasteiger partial charge in [0, 0.05) is 11.9 Å². The molecule has 8 nitrogen and oxygen atoms in total. The number of rotatable bonds is 27. The molecule has 0 saturated heterocycles. The molecule has 182 valence electrons. The molecule has 0 amide bonds. The van der Waals surface area contributed by atoms with E-state index in [0.717, 1.165) is 18.4 Å². The van der Waals surface area contributed by atoms with Crippen molar-refractivity contribution >= 4 is 15.9 Å².